The van der Waals surface area contributed by atoms with Gasteiger partial charge in [-0.1, -0.05) is 11.3 Å². The van der Waals surface area contributed by atoms with Crippen LogP contribution in [0.2, 0.25) is 0 Å². The van der Waals surface area contributed by atoms with Crippen molar-refractivity contribution in [3.63, 3.8) is 0 Å². The quantitative estimate of drug-likeness (QED) is 0.409. The van der Waals surface area contributed by atoms with E-state index in [4.69, 9.17) is 4.74 Å². The zero-order valence-electron chi connectivity index (χ0n) is 12.8. The van der Waals surface area contributed by atoms with Crippen LogP contribution in [0.25, 0.3) is 0 Å². The van der Waals surface area contributed by atoms with Crippen molar-refractivity contribution in [3.8, 4) is 0 Å². The highest BCUT2D eigenvalue weighted by Crippen LogP contribution is 2.38. The molecule has 0 atom stereocenters. The third kappa shape index (κ3) is 4.87. The van der Waals surface area contributed by atoms with E-state index >= 15 is 0 Å². The summed E-state index contributed by atoms with van der Waals surface area (Å²) in [5.74, 6) is 0. The number of methoxy groups -OCH3 is 1. The van der Waals surface area contributed by atoms with Crippen molar-refractivity contribution in [2.45, 2.75) is 14.1 Å². The van der Waals surface area contributed by atoms with Crippen molar-refractivity contribution in [1.82, 2.24) is 10.2 Å². The van der Waals surface area contributed by atoms with Crippen molar-refractivity contribution < 1.29 is 18.1 Å². The number of sulfone groups is 1. The number of anilines is 1. The highest BCUT2D eigenvalue weighted by molar-refractivity contribution is 8.01. The van der Waals surface area contributed by atoms with Gasteiger partial charge in [0.05, 0.1) is 21.3 Å². The van der Waals surface area contributed by atoms with E-state index in [1.807, 2.05) is 0 Å². The lowest BCUT2D eigenvalue weighted by molar-refractivity contribution is -0.388. The van der Waals surface area contributed by atoms with Crippen LogP contribution in [0.1, 0.15) is 0 Å². The van der Waals surface area contributed by atoms with E-state index in [0.717, 1.165) is 24.1 Å². The maximum Gasteiger partial charge on any atom is 0.284 e. The van der Waals surface area contributed by atoms with E-state index in [1.165, 1.54) is 23.5 Å². The fraction of sp³-hybridized carbons (Fsp3) is 0.333. The predicted molar refractivity (Wildman–Crippen MR) is 90.6 cm³/mol. The molecule has 0 bridgehead atoms. The van der Waals surface area contributed by atoms with Gasteiger partial charge in [-0.05, 0) is 23.9 Å². The molecule has 0 radical (unpaired) electrons. The van der Waals surface area contributed by atoms with Crippen LogP contribution >= 0.6 is 23.1 Å². The number of nitro benzene ring substituents is 1. The molecule has 0 saturated carbocycles. The maximum atomic E-state index is 11.5. The number of hydrogen-bond acceptors (Lipinski definition) is 10. The highest BCUT2D eigenvalue weighted by Gasteiger charge is 2.20. The number of hydrogen-bond donors (Lipinski definition) is 1. The summed E-state index contributed by atoms with van der Waals surface area (Å²) >= 11 is 2.30. The van der Waals surface area contributed by atoms with E-state index in [1.54, 1.807) is 7.11 Å². The molecule has 9 nitrogen and oxygen atoms in total. The first-order chi connectivity index (χ1) is 11.3. The summed E-state index contributed by atoms with van der Waals surface area (Å²) < 4.78 is 28.5. The Balaban J connectivity index is 2.22. The number of nitrogens with zero attached hydrogens (tertiary/aromatic N) is 3. The van der Waals surface area contributed by atoms with Crippen molar-refractivity contribution in [2.24, 2.45) is 0 Å². The molecule has 0 saturated heterocycles. The Morgan fingerprint density at radius 2 is 2.17 bits per heavy atom. The molecule has 24 heavy (non-hydrogen) atoms. The van der Waals surface area contributed by atoms with E-state index in [-0.39, 0.29) is 10.6 Å². The van der Waals surface area contributed by atoms with Crippen molar-refractivity contribution >= 4 is 43.8 Å². The summed E-state index contributed by atoms with van der Waals surface area (Å²) in [6.45, 7) is 1.08. The molecule has 0 unspecified atom stereocenters. The summed E-state index contributed by atoms with van der Waals surface area (Å²) in [6.07, 6.45) is 1.00. The Hall–Kier alpha value is -1.76. The number of aromatic nitrogens is 2. The first kappa shape index (κ1) is 18.6. The van der Waals surface area contributed by atoms with Crippen molar-refractivity contribution in [2.75, 3.05) is 31.8 Å². The molecule has 0 aliphatic heterocycles. The van der Waals surface area contributed by atoms with Crippen LogP contribution in [0.3, 0.4) is 0 Å². The highest BCUT2D eigenvalue weighted by atomic mass is 32.2. The third-order valence-corrected chi connectivity index (χ3v) is 5.85. The van der Waals surface area contributed by atoms with Gasteiger partial charge in [0, 0.05) is 26.0 Å². The Morgan fingerprint density at radius 1 is 1.42 bits per heavy atom. The van der Waals surface area contributed by atoms with Crippen LogP contribution in [0.5, 0.6) is 0 Å². The van der Waals surface area contributed by atoms with Crippen LogP contribution in [-0.2, 0) is 14.6 Å². The normalized spacial score (nSPS) is 11.4. The summed E-state index contributed by atoms with van der Waals surface area (Å²) in [6, 6.07) is 3.79. The summed E-state index contributed by atoms with van der Waals surface area (Å²) in [7, 11) is -1.93. The first-order valence-electron chi connectivity index (χ1n) is 6.54. The van der Waals surface area contributed by atoms with E-state index in [0.29, 0.717) is 27.5 Å². The van der Waals surface area contributed by atoms with E-state index < -0.39 is 14.8 Å². The maximum absolute atomic E-state index is 11.5. The van der Waals surface area contributed by atoms with Gasteiger partial charge in [-0.25, -0.2) is 8.42 Å². The van der Waals surface area contributed by atoms with Gasteiger partial charge in [0.2, 0.25) is 5.13 Å². The molecule has 1 aromatic heterocycles. The average Bonchev–Trinajstić information content (AvgIpc) is 2.94. The van der Waals surface area contributed by atoms with E-state index in [9.17, 15) is 18.5 Å². The van der Waals surface area contributed by atoms with Crippen LogP contribution in [0.4, 0.5) is 10.8 Å². The molecular weight excluding hydrogens is 376 g/mol. The second-order valence-corrected chi connectivity index (χ2v) is 8.84. The molecule has 1 aromatic carbocycles. The summed E-state index contributed by atoms with van der Waals surface area (Å²) in [5, 5.41) is 22.7. The lowest BCUT2D eigenvalue weighted by atomic mass is 10.3. The fourth-order valence-electron chi connectivity index (χ4n) is 1.63. The minimum Gasteiger partial charge on any atom is -0.383 e. The number of ether oxygens (including phenoxy) is 1. The Kier molecular flexibility index (Phi) is 6.10. The zero-order valence-corrected chi connectivity index (χ0v) is 15.2. The molecule has 0 aliphatic rings. The molecule has 2 rings (SSSR count). The molecule has 1 N–H and O–H groups in total. The van der Waals surface area contributed by atoms with Crippen molar-refractivity contribution in [3.05, 3.63) is 28.3 Å². The smallest absolute Gasteiger partial charge is 0.284 e. The molecule has 0 aliphatic carbocycles. The van der Waals surface area contributed by atoms with Gasteiger partial charge in [0.15, 0.2) is 14.2 Å². The van der Waals surface area contributed by atoms with Gasteiger partial charge in [-0.15, -0.1) is 10.2 Å². The number of benzene rings is 1. The van der Waals surface area contributed by atoms with Crippen LogP contribution in [0, 0.1) is 10.1 Å². The molecule has 0 fully saturated rings. The van der Waals surface area contributed by atoms with Gasteiger partial charge < -0.3 is 10.1 Å². The van der Waals surface area contributed by atoms with Gasteiger partial charge in [0.25, 0.3) is 5.69 Å². The largest absolute Gasteiger partial charge is 0.383 e. The Morgan fingerprint density at radius 3 is 2.79 bits per heavy atom. The minimum absolute atomic E-state index is 0.0993. The van der Waals surface area contributed by atoms with Gasteiger partial charge in [-0.3, -0.25) is 10.1 Å². The third-order valence-electron chi connectivity index (χ3n) is 2.74. The van der Waals surface area contributed by atoms with E-state index in [2.05, 4.69) is 15.5 Å². The minimum atomic E-state index is -3.52. The monoisotopic (exact) mass is 390 g/mol. The topological polar surface area (TPSA) is 124 Å². The predicted octanol–water partition coefficient (Wildman–Crippen LogP) is 2.06. The lowest BCUT2D eigenvalue weighted by Crippen LogP contribution is -2.06. The SMILES string of the molecule is COCCNc1nnc(Sc2ccc(S(C)(=O)=O)cc2[N+](=O)[O-])s1. The second kappa shape index (κ2) is 7.88. The number of nitrogens with one attached hydrogen (secondary N) is 1. The fourth-order valence-corrected chi connectivity index (χ4v) is 4.09. The lowest BCUT2D eigenvalue weighted by Gasteiger charge is -2.03. The number of rotatable bonds is 8. The molecule has 0 spiro atoms. The van der Waals surface area contributed by atoms with Crippen LogP contribution < -0.4 is 5.32 Å². The van der Waals surface area contributed by atoms with Gasteiger partial charge in [0.1, 0.15) is 0 Å². The zero-order chi connectivity index (χ0) is 17.7. The summed E-state index contributed by atoms with van der Waals surface area (Å²) in [4.78, 5) is 10.8. The molecule has 12 heteroatoms. The number of nitro groups is 1. The Bertz CT molecular complexity index is 837. The summed E-state index contributed by atoms with van der Waals surface area (Å²) in [5.41, 5.74) is -0.285. The second-order valence-electron chi connectivity index (χ2n) is 4.55. The Labute approximate surface area is 146 Å². The molecule has 1 heterocycles. The molecular formula is C12H14N4O5S3. The van der Waals surface area contributed by atoms with Crippen LogP contribution in [-0.4, -0.2) is 50.1 Å². The van der Waals surface area contributed by atoms with Crippen LogP contribution in [0.15, 0.2) is 32.3 Å². The van der Waals surface area contributed by atoms with Gasteiger partial charge >= 0.3 is 0 Å². The van der Waals surface area contributed by atoms with Gasteiger partial charge in [-0.2, -0.15) is 0 Å². The molecule has 2 aromatic rings. The molecule has 130 valence electrons. The first-order valence-corrected chi connectivity index (χ1v) is 10.1. The standard InChI is InChI=1S/C12H14N4O5S3/c1-21-6-5-13-11-14-15-12(23-11)22-10-4-3-8(24(2,19)20)7-9(10)16(17)18/h3-4,7H,5-6H2,1-2H3,(H,13,14). The molecule has 0 amide bonds. The van der Waals surface area contributed by atoms with Crippen molar-refractivity contribution in [1.29, 1.82) is 0 Å². The average molecular weight is 390 g/mol.